The smallest absolute Gasteiger partial charge is 0.230 e. The highest BCUT2D eigenvalue weighted by atomic mass is 32.2. The lowest BCUT2D eigenvalue weighted by atomic mass is 10.0. The zero-order chi connectivity index (χ0) is 22.8. The molecule has 7 heteroatoms. The molecule has 2 amide bonds. The third kappa shape index (κ3) is 7.42. The summed E-state index contributed by atoms with van der Waals surface area (Å²) in [7, 11) is 0. The molecular weight excluding hydrogens is 420 g/mol. The van der Waals surface area contributed by atoms with Crippen molar-refractivity contribution in [2.75, 3.05) is 23.3 Å². The van der Waals surface area contributed by atoms with Gasteiger partial charge in [0, 0.05) is 18.2 Å². The van der Waals surface area contributed by atoms with Gasteiger partial charge in [-0.25, -0.2) is 4.98 Å². The molecule has 4 N–H and O–H groups in total. The molecule has 0 aliphatic carbocycles. The van der Waals surface area contributed by atoms with E-state index in [2.05, 4.69) is 15.6 Å². The van der Waals surface area contributed by atoms with Crippen molar-refractivity contribution < 1.29 is 9.59 Å². The Hall–Kier alpha value is -3.32. The molecule has 1 unspecified atom stereocenters. The minimum atomic E-state index is -0.152. The summed E-state index contributed by atoms with van der Waals surface area (Å²) < 4.78 is 0. The van der Waals surface area contributed by atoms with E-state index in [1.54, 1.807) is 18.3 Å². The number of anilines is 2. The van der Waals surface area contributed by atoms with Crippen LogP contribution in [-0.2, 0) is 9.59 Å². The number of nitrogens with one attached hydrogen (secondary N) is 2. The molecule has 32 heavy (non-hydrogen) atoms. The van der Waals surface area contributed by atoms with E-state index >= 15 is 0 Å². The van der Waals surface area contributed by atoms with E-state index in [1.165, 1.54) is 11.8 Å². The van der Waals surface area contributed by atoms with Gasteiger partial charge >= 0.3 is 0 Å². The molecule has 2 aromatic carbocycles. The Morgan fingerprint density at radius 1 is 1.03 bits per heavy atom. The summed E-state index contributed by atoms with van der Waals surface area (Å²) in [4.78, 5) is 28.7. The summed E-state index contributed by atoms with van der Waals surface area (Å²) in [5, 5.41) is 6.65. The summed E-state index contributed by atoms with van der Waals surface area (Å²) in [6, 6.07) is 21.5. The SMILES string of the molecule is CC(CCCNC(=O)CSc1ccc(N)cn1)C(=O)Nc1cccc(-c2ccccc2)c1. The summed E-state index contributed by atoms with van der Waals surface area (Å²) >= 11 is 1.36. The van der Waals surface area contributed by atoms with Gasteiger partial charge in [0.1, 0.15) is 0 Å². The lowest BCUT2D eigenvalue weighted by Crippen LogP contribution is -2.27. The van der Waals surface area contributed by atoms with E-state index in [4.69, 9.17) is 5.73 Å². The Morgan fingerprint density at radius 2 is 1.81 bits per heavy atom. The van der Waals surface area contributed by atoms with Crippen molar-refractivity contribution in [2.45, 2.75) is 24.8 Å². The largest absolute Gasteiger partial charge is 0.397 e. The van der Waals surface area contributed by atoms with Gasteiger partial charge in [-0.2, -0.15) is 0 Å². The average molecular weight is 449 g/mol. The number of carbonyl (C=O) groups excluding carboxylic acids is 2. The molecule has 3 rings (SSSR count). The number of aromatic nitrogens is 1. The van der Waals surface area contributed by atoms with Gasteiger partial charge in [-0.15, -0.1) is 0 Å². The van der Waals surface area contributed by atoms with Crippen molar-refractivity contribution >= 4 is 35.0 Å². The monoisotopic (exact) mass is 448 g/mol. The lowest BCUT2D eigenvalue weighted by Gasteiger charge is -2.13. The normalized spacial score (nSPS) is 11.5. The van der Waals surface area contributed by atoms with Gasteiger partial charge in [0.15, 0.2) is 0 Å². The minimum Gasteiger partial charge on any atom is -0.397 e. The van der Waals surface area contributed by atoms with Crippen molar-refractivity contribution in [3.05, 3.63) is 72.9 Å². The van der Waals surface area contributed by atoms with Crippen LogP contribution in [0.2, 0.25) is 0 Å². The van der Waals surface area contributed by atoms with E-state index in [9.17, 15) is 9.59 Å². The fourth-order valence-corrected chi connectivity index (χ4v) is 3.78. The number of hydrogen-bond acceptors (Lipinski definition) is 5. The molecule has 0 saturated heterocycles. The number of amides is 2. The maximum absolute atomic E-state index is 12.6. The molecule has 0 spiro atoms. The van der Waals surface area contributed by atoms with Crippen LogP contribution >= 0.6 is 11.8 Å². The molecule has 6 nitrogen and oxygen atoms in total. The fourth-order valence-electron chi connectivity index (χ4n) is 3.11. The molecule has 3 aromatic rings. The maximum Gasteiger partial charge on any atom is 0.230 e. The summed E-state index contributed by atoms with van der Waals surface area (Å²) in [6.07, 6.45) is 3.00. The predicted molar refractivity (Wildman–Crippen MR) is 131 cm³/mol. The van der Waals surface area contributed by atoms with Crippen molar-refractivity contribution in [3.63, 3.8) is 0 Å². The number of nitrogens with two attached hydrogens (primary N) is 1. The number of hydrogen-bond donors (Lipinski definition) is 3. The number of carbonyl (C=O) groups is 2. The summed E-state index contributed by atoms with van der Waals surface area (Å²) in [6.45, 7) is 2.44. The minimum absolute atomic E-state index is 0.0217. The quantitative estimate of drug-likeness (QED) is 0.311. The van der Waals surface area contributed by atoms with Crippen LogP contribution in [0.4, 0.5) is 11.4 Å². The predicted octanol–water partition coefficient (Wildman–Crippen LogP) is 4.59. The van der Waals surface area contributed by atoms with Gasteiger partial charge in [0.2, 0.25) is 11.8 Å². The van der Waals surface area contributed by atoms with Crippen LogP contribution in [0.15, 0.2) is 78.0 Å². The highest BCUT2D eigenvalue weighted by Crippen LogP contribution is 2.23. The standard InChI is InChI=1S/C25H28N4O2S/c1-18(7-6-14-27-23(30)17-32-24-13-12-21(26)16-28-24)25(31)29-22-11-5-10-20(15-22)19-8-3-2-4-9-19/h2-5,8-13,15-16,18H,6-7,14,17,26H2,1H3,(H,27,30)(H,29,31). The molecular formula is C25H28N4O2S. The van der Waals surface area contributed by atoms with E-state index in [0.717, 1.165) is 28.3 Å². The van der Waals surface area contributed by atoms with Crippen molar-refractivity contribution in [2.24, 2.45) is 5.92 Å². The van der Waals surface area contributed by atoms with Crippen molar-refractivity contribution in [1.82, 2.24) is 10.3 Å². The van der Waals surface area contributed by atoms with Gasteiger partial charge in [-0.1, -0.05) is 61.2 Å². The Kier molecular flexibility index (Phi) is 8.69. The average Bonchev–Trinajstić information content (AvgIpc) is 2.82. The van der Waals surface area contributed by atoms with E-state index < -0.39 is 0 Å². The van der Waals surface area contributed by atoms with Crippen molar-refractivity contribution in [3.8, 4) is 11.1 Å². The number of thioether (sulfide) groups is 1. The summed E-state index contributed by atoms with van der Waals surface area (Å²) in [5.74, 6) is 0.0701. The van der Waals surface area contributed by atoms with E-state index in [0.29, 0.717) is 24.4 Å². The maximum atomic E-state index is 12.6. The molecule has 1 aromatic heterocycles. The van der Waals surface area contributed by atoms with Crippen LogP contribution in [0.3, 0.4) is 0 Å². The van der Waals surface area contributed by atoms with Crippen LogP contribution in [-0.4, -0.2) is 29.1 Å². The van der Waals surface area contributed by atoms with Gasteiger partial charge < -0.3 is 16.4 Å². The first-order chi connectivity index (χ1) is 15.5. The van der Waals surface area contributed by atoms with Crippen LogP contribution in [0, 0.1) is 5.92 Å². The van der Waals surface area contributed by atoms with Gasteiger partial charge in [0.05, 0.1) is 22.7 Å². The second kappa shape index (κ2) is 11.9. The van der Waals surface area contributed by atoms with Crippen molar-refractivity contribution in [1.29, 1.82) is 0 Å². The molecule has 0 fully saturated rings. The first kappa shape index (κ1) is 23.3. The third-order valence-corrected chi connectivity index (χ3v) is 5.88. The molecule has 0 radical (unpaired) electrons. The zero-order valence-electron chi connectivity index (χ0n) is 18.1. The highest BCUT2D eigenvalue weighted by Gasteiger charge is 2.13. The number of pyridine rings is 1. The van der Waals surface area contributed by atoms with Gasteiger partial charge in [-0.05, 0) is 48.2 Å². The molecule has 0 saturated carbocycles. The first-order valence-corrected chi connectivity index (χ1v) is 11.6. The first-order valence-electron chi connectivity index (χ1n) is 10.6. The lowest BCUT2D eigenvalue weighted by molar-refractivity contribution is -0.119. The molecule has 0 bridgehead atoms. The number of benzene rings is 2. The number of nitrogens with zero attached hydrogens (tertiary/aromatic N) is 1. The Balaban J connectivity index is 1.37. The Labute approximate surface area is 193 Å². The fraction of sp³-hybridized carbons (Fsp3) is 0.240. The Morgan fingerprint density at radius 3 is 2.56 bits per heavy atom. The molecule has 1 heterocycles. The molecule has 0 aliphatic rings. The number of rotatable bonds is 10. The summed E-state index contributed by atoms with van der Waals surface area (Å²) in [5.41, 5.74) is 9.15. The molecule has 1 atom stereocenters. The van der Waals surface area contributed by atoms with Gasteiger partial charge in [0.25, 0.3) is 0 Å². The topological polar surface area (TPSA) is 97.1 Å². The second-order valence-electron chi connectivity index (χ2n) is 7.55. The van der Waals surface area contributed by atoms with Crippen LogP contribution in [0.25, 0.3) is 11.1 Å². The van der Waals surface area contributed by atoms with Crippen LogP contribution in [0.1, 0.15) is 19.8 Å². The molecule has 166 valence electrons. The second-order valence-corrected chi connectivity index (χ2v) is 8.54. The third-order valence-electron chi connectivity index (χ3n) is 4.93. The van der Waals surface area contributed by atoms with Gasteiger partial charge in [-0.3, -0.25) is 9.59 Å². The zero-order valence-corrected chi connectivity index (χ0v) is 18.9. The molecule has 0 aliphatic heterocycles. The van der Waals surface area contributed by atoms with Crippen LogP contribution < -0.4 is 16.4 Å². The van der Waals surface area contributed by atoms with E-state index in [-0.39, 0.29) is 17.7 Å². The number of nitrogen functional groups attached to an aromatic ring is 1. The van der Waals surface area contributed by atoms with Crippen LogP contribution in [0.5, 0.6) is 0 Å². The Bertz CT molecular complexity index is 1030. The van der Waals surface area contributed by atoms with E-state index in [1.807, 2.05) is 61.5 Å². The highest BCUT2D eigenvalue weighted by molar-refractivity contribution is 7.99.